The lowest BCUT2D eigenvalue weighted by Gasteiger charge is -2.15. The summed E-state index contributed by atoms with van der Waals surface area (Å²) < 4.78 is 18.7. The highest BCUT2D eigenvalue weighted by atomic mass is 19.1. The van der Waals surface area contributed by atoms with E-state index in [4.69, 9.17) is 10.5 Å². The van der Waals surface area contributed by atoms with Crippen LogP contribution in [0, 0.1) is 17.7 Å². The minimum absolute atomic E-state index is 0.179. The summed E-state index contributed by atoms with van der Waals surface area (Å²) in [6, 6.07) is 6.75. The lowest BCUT2D eigenvalue weighted by molar-refractivity contribution is 0.111. The number of hydrogen-bond donors (Lipinski definition) is 1. The van der Waals surface area contributed by atoms with Gasteiger partial charge in [-0.2, -0.15) is 0 Å². The van der Waals surface area contributed by atoms with Gasteiger partial charge in [0.25, 0.3) is 0 Å². The van der Waals surface area contributed by atoms with Crippen LogP contribution < -0.4 is 5.73 Å². The van der Waals surface area contributed by atoms with Crippen LogP contribution >= 0.6 is 0 Å². The van der Waals surface area contributed by atoms with E-state index in [2.05, 4.69) is 13.8 Å². The lowest BCUT2D eigenvalue weighted by atomic mass is 9.96. The van der Waals surface area contributed by atoms with Crippen molar-refractivity contribution in [2.45, 2.75) is 33.1 Å². The first-order valence-corrected chi connectivity index (χ1v) is 7.14. The zero-order valence-electron chi connectivity index (χ0n) is 12.1. The van der Waals surface area contributed by atoms with E-state index in [-0.39, 0.29) is 5.82 Å². The largest absolute Gasteiger partial charge is 0.381 e. The molecule has 1 atom stereocenters. The Morgan fingerprint density at radius 3 is 2.58 bits per heavy atom. The maximum absolute atomic E-state index is 13.1. The zero-order valence-corrected chi connectivity index (χ0v) is 12.1. The van der Waals surface area contributed by atoms with Crippen LogP contribution in [0.3, 0.4) is 0 Å². The molecule has 2 nitrogen and oxygen atoms in total. The van der Waals surface area contributed by atoms with Crippen molar-refractivity contribution in [3.63, 3.8) is 0 Å². The van der Waals surface area contributed by atoms with Crippen molar-refractivity contribution in [2.75, 3.05) is 19.8 Å². The minimum Gasteiger partial charge on any atom is -0.381 e. The molecule has 1 unspecified atom stereocenters. The molecular formula is C16H26FNO. The number of benzene rings is 1. The van der Waals surface area contributed by atoms with Gasteiger partial charge in [-0.15, -0.1) is 0 Å². The number of ether oxygens (including phenoxy) is 1. The molecule has 108 valence electrons. The molecule has 0 heterocycles. The van der Waals surface area contributed by atoms with Crippen LogP contribution in [0.25, 0.3) is 0 Å². The van der Waals surface area contributed by atoms with Gasteiger partial charge in [-0.3, -0.25) is 0 Å². The van der Waals surface area contributed by atoms with Crippen molar-refractivity contribution in [2.24, 2.45) is 17.6 Å². The van der Waals surface area contributed by atoms with Crippen molar-refractivity contribution in [3.05, 3.63) is 35.6 Å². The first kappa shape index (κ1) is 16.1. The molecule has 2 N–H and O–H groups in total. The molecule has 0 spiro atoms. The van der Waals surface area contributed by atoms with Gasteiger partial charge in [0.2, 0.25) is 0 Å². The third-order valence-electron chi connectivity index (χ3n) is 3.26. The van der Waals surface area contributed by atoms with E-state index in [0.29, 0.717) is 18.4 Å². The Balaban J connectivity index is 2.26. The molecule has 0 aliphatic heterocycles. The molecule has 1 aromatic carbocycles. The van der Waals surface area contributed by atoms with Gasteiger partial charge in [0.1, 0.15) is 5.82 Å². The molecule has 1 aromatic rings. The Morgan fingerprint density at radius 1 is 1.21 bits per heavy atom. The second-order valence-electron chi connectivity index (χ2n) is 5.52. The van der Waals surface area contributed by atoms with E-state index in [1.54, 1.807) is 12.1 Å². The fourth-order valence-electron chi connectivity index (χ4n) is 1.97. The maximum Gasteiger partial charge on any atom is 0.123 e. The van der Waals surface area contributed by atoms with Crippen molar-refractivity contribution in [1.82, 2.24) is 0 Å². The average molecular weight is 267 g/mol. The highest BCUT2D eigenvalue weighted by Crippen LogP contribution is 2.13. The third-order valence-corrected chi connectivity index (χ3v) is 3.26. The number of rotatable bonds is 9. The summed E-state index contributed by atoms with van der Waals surface area (Å²) in [7, 11) is 0. The Hall–Kier alpha value is -0.930. The van der Waals surface area contributed by atoms with Gasteiger partial charge in [0.05, 0.1) is 0 Å². The van der Waals surface area contributed by atoms with Crippen molar-refractivity contribution >= 4 is 0 Å². The first-order chi connectivity index (χ1) is 9.11. The van der Waals surface area contributed by atoms with Crippen molar-refractivity contribution in [3.8, 4) is 0 Å². The Labute approximate surface area is 116 Å². The second kappa shape index (κ2) is 9.05. The molecule has 0 aliphatic carbocycles. The summed E-state index contributed by atoms with van der Waals surface area (Å²) in [6.45, 7) is 6.55. The first-order valence-electron chi connectivity index (χ1n) is 7.14. The zero-order chi connectivity index (χ0) is 14.1. The van der Waals surface area contributed by atoms with Crippen LogP contribution in [-0.4, -0.2) is 19.8 Å². The Morgan fingerprint density at radius 2 is 1.95 bits per heavy atom. The molecule has 0 bridgehead atoms. The van der Waals surface area contributed by atoms with Gasteiger partial charge < -0.3 is 10.5 Å². The van der Waals surface area contributed by atoms with E-state index < -0.39 is 0 Å². The summed E-state index contributed by atoms with van der Waals surface area (Å²) in [5, 5.41) is 0. The van der Waals surface area contributed by atoms with Crippen LogP contribution in [0.1, 0.15) is 32.3 Å². The minimum atomic E-state index is -0.179. The van der Waals surface area contributed by atoms with Crippen LogP contribution in [0.5, 0.6) is 0 Å². The topological polar surface area (TPSA) is 35.2 Å². The summed E-state index contributed by atoms with van der Waals surface area (Å²) in [6.07, 6.45) is 2.85. The van der Waals surface area contributed by atoms with Gasteiger partial charge in [0, 0.05) is 13.2 Å². The van der Waals surface area contributed by atoms with E-state index in [9.17, 15) is 4.39 Å². The summed E-state index contributed by atoms with van der Waals surface area (Å²) in [5.41, 5.74) is 6.78. The van der Waals surface area contributed by atoms with E-state index in [0.717, 1.165) is 38.0 Å². The summed E-state index contributed by atoms with van der Waals surface area (Å²) in [4.78, 5) is 0. The Kier molecular flexibility index (Phi) is 7.68. The quantitative estimate of drug-likeness (QED) is 0.696. The molecule has 0 aromatic heterocycles. The fourth-order valence-corrected chi connectivity index (χ4v) is 1.97. The van der Waals surface area contributed by atoms with Gasteiger partial charge in [-0.25, -0.2) is 4.39 Å². The van der Waals surface area contributed by atoms with Crippen LogP contribution in [0.4, 0.5) is 4.39 Å². The van der Waals surface area contributed by atoms with E-state index in [1.807, 2.05) is 6.07 Å². The van der Waals surface area contributed by atoms with Crippen LogP contribution in [0.2, 0.25) is 0 Å². The van der Waals surface area contributed by atoms with E-state index in [1.165, 1.54) is 6.07 Å². The molecule has 0 aliphatic rings. The predicted molar refractivity (Wildman–Crippen MR) is 77.5 cm³/mol. The molecule has 0 saturated carbocycles. The highest BCUT2D eigenvalue weighted by molar-refractivity contribution is 5.16. The maximum atomic E-state index is 13.1. The van der Waals surface area contributed by atoms with Crippen LogP contribution in [-0.2, 0) is 11.2 Å². The standard InChI is InChI=1S/C16H26FNO/c1-13(2)6-8-19-9-7-15(12-18)10-14-4-3-5-16(17)11-14/h3-5,11,13,15H,6-10,12,18H2,1-2H3. The average Bonchev–Trinajstić information content (AvgIpc) is 2.36. The van der Waals surface area contributed by atoms with E-state index >= 15 is 0 Å². The summed E-state index contributed by atoms with van der Waals surface area (Å²) >= 11 is 0. The SMILES string of the molecule is CC(C)CCOCCC(CN)Cc1cccc(F)c1. The Bertz CT molecular complexity index is 354. The predicted octanol–water partition coefficient (Wildman–Crippen LogP) is 3.40. The van der Waals surface area contributed by atoms with Gasteiger partial charge >= 0.3 is 0 Å². The highest BCUT2D eigenvalue weighted by Gasteiger charge is 2.08. The smallest absolute Gasteiger partial charge is 0.123 e. The number of nitrogens with two attached hydrogens (primary N) is 1. The lowest BCUT2D eigenvalue weighted by Crippen LogP contribution is -2.19. The third kappa shape index (κ3) is 7.28. The second-order valence-corrected chi connectivity index (χ2v) is 5.52. The molecule has 0 saturated heterocycles. The van der Waals surface area contributed by atoms with Crippen molar-refractivity contribution < 1.29 is 9.13 Å². The van der Waals surface area contributed by atoms with Gasteiger partial charge in [-0.1, -0.05) is 26.0 Å². The normalized spacial score (nSPS) is 12.9. The van der Waals surface area contributed by atoms with Crippen LogP contribution in [0.15, 0.2) is 24.3 Å². The number of halogens is 1. The monoisotopic (exact) mass is 267 g/mol. The fraction of sp³-hybridized carbons (Fsp3) is 0.625. The molecule has 1 rings (SSSR count). The van der Waals surface area contributed by atoms with Crippen molar-refractivity contribution in [1.29, 1.82) is 0 Å². The molecule has 0 amide bonds. The molecule has 0 radical (unpaired) electrons. The van der Waals surface area contributed by atoms with Gasteiger partial charge in [0.15, 0.2) is 0 Å². The van der Waals surface area contributed by atoms with Gasteiger partial charge in [-0.05, 0) is 55.3 Å². The molecule has 19 heavy (non-hydrogen) atoms. The number of hydrogen-bond acceptors (Lipinski definition) is 2. The summed E-state index contributed by atoms with van der Waals surface area (Å²) in [5.74, 6) is 0.861. The molecule has 3 heteroatoms. The molecular weight excluding hydrogens is 241 g/mol. The molecule has 0 fully saturated rings.